The van der Waals surface area contributed by atoms with Gasteiger partial charge < -0.3 is 37.0 Å². The quantitative estimate of drug-likeness (QED) is 0.0701. The maximum atomic E-state index is 14.9. The van der Waals surface area contributed by atoms with E-state index < -0.39 is 39.6 Å². The van der Waals surface area contributed by atoms with Gasteiger partial charge in [0.1, 0.15) is 23.0 Å². The van der Waals surface area contributed by atoms with Gasteiger partial charge in [-0.15, -0.1) is 23.2 Å². The zero-order valence-corrected chi connectivity index (χ0v) is 40.2. The van der Waals surface area contributed by atoms with Crippen molar-refractivity contribution in [1.29, 1.82) is 0 Å². The molecule has 0 fully saturated rings. The molecule has 0 heterocycles. The lowest BCUT2D eigenvalue weighted by molar-refractivity contribution is 0.149. The van der Waals surface area contributed by atoms with E-state index in [2.05, 4.69) is 0 Å². The van der Waals surface area contributed by atoms with Crippen LogP contribution in [0.3, 0.4) is 0 Å². The maximum Gasteiger partial charge on any atom is 0.361 e. The summed E-state index contributed by atoms with van der Waals surface area (Å²) in [5.74, 6) is 2.91. The number of hydrogen-bond acceptors (Lipinski definition) is 10. The molecule has 0 N–H and O–H groups in total. The van der Waals surface area contributed by atoms with E-state index in [0.717, 1.165) is 55.6 Å². The van der Waals surface area contributed by atoms with E-state index in [1.165, 1.54) is 0 Å². The maximum absolute atomic E-state index is 14.9. The molecule has 10 nitrogen and oxygen atoms in total. The Hall–Kier alpha value is -3.04. The van der Waals surface area contributed by atoms with Crippen molar-refractivity contribution in [3.63, 3.8) is 0 Å². The fourth-order valence-corrected chi connectivity index (χ4v) is 12.3. The Morgan fingerprint density at radius 1 is 0.417 bits per heavy atom. The third kappa shape index (κ3) is 10.9. The van der Waals surface area contributed by atoms with Gasteiger partial charge in [-0.2, -0.15) is 0 Å². The predicted octanol–water partition coefficient (Wildman–Crippen LogP) is 11.2. The molecule has 1 aliphatic rings. The van der Waals surface area contributed by atoms with Crippen LogP contribution < -0.4 is 29.6 Å². The van der Waals surface area contributed by atoms with Gasteiger partial charge in [-0.25, -0.2) is 0 Å². The first-order valence-corrected chi connectivity index (χ1v) is 24.4. The van der Waals surface area contributed by atoms with Crippen LogP contribution in [0.5, 0.6) is 23.0 Å². The van der Waals surface area contributed by atoms with Crippen molar-refractivity contribution >= 4 is 49.0 Å². The van der Waals surface area contributed by atoms with Crippen molar-refractivity contribution in [2.45, 2.75) is 117 Å². The molecule has 0 radical (unpaired) electrons. The van der Waals surface area contributed by atoms with E-state index in [4.69, 9.17) is 60.2 Å². The van der Waals surface area contributed by atoms with Crippen molar-refractivity contribution in [3.8, 4) is 23.0 Å². The number of alkyl halides is 2. The summed E-state index contributed by atoms with van der Waals surface area (Å²) in [7, 11) is -1.21. The zero-order chi connectivity index (χ0) is 44.1. The fourth-order valence-electron chi connectivity index (χ4n) is 7.92. The van der Waals surface area contributed by atoms with E-state index in [1.54, 1.807) is 28.4 Å². The number of halogens is 2. The van der Waals surface area contributed by atoms with E-state index in [9.17, 15) is 9.13 Å². The van der Waals surface area contributed by atoms with Gasteiger partial charge in [-0.05, 0) is 135 Å². The Labute approximate surface area is 366 Å². The van der Waals surface area contributed by atoms with Gasteiger partial charge >= 0.3 is 15.2 Å². The molecule has 5 rings (SSSR count). The second kappa shape index (κ2) is 20.4. The number of benzene rings is 4. The van der Waals surface area contributed by atoms with E-state index >= 15 is 0 Å². The number of hydrogen-bond donors (Lipinski definition) is 0. The van der Waals surface area contributed by atoms with Gasteiger partial charge in [0, 0.05) is 37.4 Å². The third-order valence-electron chi connectivity index (χ3n) is 9.74. The van der Waals surface area contributed by atoms with Gasteiger partial charge in [-0.3, -0.25) is 9.13 Å². The lowest BCUT2D eigenvalue weighted by Gasteiger charge is -2.27. The first-order valence-electron chi connectivity index (χ1n) is 20.2. The highest BCUT2D eigenvalue weighted by Crippen LogP contribution is 2.52. The summed E-state index contributed by atoms with van der Waals surface area (Å²) in [5.41, 5.74) is 7.94. The lowest BCUT2D eigenvalue weighted by atomic mass is 9.90. The smallest absolute Gasteiger partial charge is 0.361 e. The average molecular weight is 906 g/mol. The van der Waals surface area contributed by atoms with Crippen LogP contribution in [0.25, 0.3) is 0 Å². The fraction of sp³-hybridized carbons (Fsp3) is 0.478. The lowest BCUT2D eigenvalue weighted by Crippen LogP contribution is -2.19. The van der Waals surface area contributed by atoms with E-state index in [1.807, 2.05) is 104 Å². The molecular weight excluding hydrogens is 845 g/mol. The summed E-state index contributed by atoms with van der Waals surface area (Å²) in [6.45, 7) is 14.7. The minimum Gasteiger partial charge on any atom is -0.496 e. The molecule has 0 aromatic heterocycles. The molecule has 0 amide bonds. The molecule has 0 atom stereocenters. The molecular formula is C46H60Cl2O10P2. The van der Waals surface area contributed by atoms with Crippen LogP contribution in [0.4, 0.5) is 0 Å². The van der Waals surface area contributed by atoms with E-state index in [0.29, 0.717) is 59.3 Å². The Morgan fingerprint density at radius 2 is 0.617 bits per heavy atom. The van der Waals surface area contributed by atoms with Crippen LogP contribution in [0.2, 0.25) is 0 Å². The number of methoxy groups -OCH3 is 4. The normalized spacial score (nSPS) is 13.4. The summed E-state index contributed by atoms with van der Waals surface area (Å²) in [6.07, 6.45) is -0.340. The molecule has 4 aromatic rings. The number of rotatable bonds is 16. The average Bonchev–Trinajstić information content (AvgIpc) is 3.15. The number of fused-ring (bicyclic) bond motifs is 8. The molecule has 14 heteroatoms. The van der Waals surface area contributed by atoms with Gasteiger partial charge in [0.25, 0.3) is 0 Å². The van der Waals surface area contributed by atoms with Crippen LogP contribution in [0, 0.1) is 0 Å². The van der Waals surface area contributed by atoms with Crippen LogP contribution >= 0.6 is 38.4 Å². The van der Waals surface area contributed by atoms with Crippen molar-refractivity contribution in [1.82, 2.24) is 0 Å². The minimum atomic E-state index is -3.87. The SMILES string of the molecule is COc1c2cc(CCl)cc1Cc1cc(P(=O)(OC(C)C)OC(C)C)cc(c1OC)Cc1cc(CCl)cc(c1OC)Cc1cc(P(=O)(OC(C)C)OC(C)C)cc(c1OC)C2. The largest absolute Gasteiger partial charge is 0.496 e. The summed E-state index contributed by atoms with van der Waals surface area (Å²) in [4.78, 5) is 0. The van der Waals surface area contributed by atoms with Crippen molar-refractivity contribution in [2.75, 3.05) is 28.4 Å². The summed E-state index contributed by atoms with van der Waals surface area (Å²) in [6, 6.07) is 15.4. The zero-order valence-electron chi connectivity index (χ0n) is 36.9. The summed E-state index contributed by atoms with van der Waals surface area (Å²) in [5, 5.41) is 0.808. The molecule has 0 unspecified atom stereocenters. The molecule has 4 aromatic carbocycles. The summed E-state index contributed by atoms with van der Waals surface area (Å²) >= 11 is 13.2. The van der Waals surface area contributed by atoms with Gasteiger partial charge in [0.15, 0.2) is 0 Å². The molecule has 60 heavy (non-hydrogen) atoms. The molecule has 0 spiro atoms. The molecule has 0 saturated carbocycles. The topological polar surface area (TPSA) is 108 Å². The Bertz CT molecular complexity index is 1970. The van der Waals surface area contributed by atoms with Gasteiger partial charge in [-0.1, -0.05) is 24.3 Å². The Morgan fingerprint density at radius 3 is 0.783 bits per heavy atom. The number of ether oxygens (including phenoxy) is 4. The molecule has 0 saturated heterocycles. The highest BCUT2D eigenvalue weighted by molar-refractivity contribution is 7.62. The summed E-state index contributed by atoms with van der Waals surface area (Å²) < 4.78 is 79.4. The molecule has 8 bridgehead atoms. The molecule has 1 aliphatic carbocycles. The first kappa shape index (κ1) is 48.0. The second-order valence-corrected chi connectivity index (χ2v) is 20.5. The highest BCUT2D eigenvalue weighted by Gasteiger charge is 2.35. The Balaban J connectivity index is 1.94. The van der Waals surface area contributed by atoms with Gasteiger partial charge in [0.05, 0.1) is 63.5 Å². The molecule has 0 aliphatic heterocycles. The van der Waals surface area contributed by atoms with Gasteiger partial charge in [0.2, 0.25) is 0 Å². The highest BCUT2D eigenvalue weighted by atomic mass is 35.5. The van der Waals surface area contributed by atoms with E-state index in [-0.39, 0.29) is 11.8 Å². The predicted molar refractivity (Wildman–Crippen MR) is 242 cm³/mol. The van der Waals surface area contributed by atoms with Crippen molar-refractivity contribution in [2.24, 2.45) is 0 Å². The van der Waals surface area contributed by atoms with Crippen molar-refractivity contribution < 1.29 is 46.2 Å². The standard InChI is InChI=1S/C46H60Cl2O10P2/c1-27(2)55-59(49,56-28(3)4)41-21-37-17-33-13-31(25-47)15-35(43(33)51-9)19-39-23-42(60(50,57-29(5)6)58-30(7)8)24-40(46(39)54-12)20-36-16-32(26-48)14-34(44(36)52-10)18-38(22-41)45(37)53-11/h13-16,21-24,27-30H,17-20,25-26H2,1-12H3. The third-order valence-corrected chi connectivity index (χ3v) is 14.9. The van der Waals surface area contributed by atoms with Crippen LogP contribution in [0.1, 0.15) is 111 Å². The second-order valence-electron chi connectivity index (χ2n) is 16.1. The van der Waals surface area contributed by atoms with Crippen molar-refractivity contribution in [3.05, 3.63) is 104 Å². The van der Waals surface area contributed by atoms with Crippen LogP contribution in [0.15, 0.2) is 48.5 Å². The molecule has 328 valence electrons. The van der Waals surface area contributed by atoms with Crippen LogP contribution in [-0.4, -0.2) is 52.9 Å². The minimum absolute atomic E-state index is 0.228. The monoisotopic (exact) mass is 904 g/mol. The first-order chi connectivity index (χ1) is 28.4. The Kier molecular flexibility index (Phi) is 16.3. The van der Waals surface area contributed by atoms with Crippen LogP contribution in [-0.2, 0) is 64.7 Å².